The molecule has 130 valence electrons. The van der Waals surface area contributed by atoms with Gasteiger partial charge in [-0.1, -0.05) is 53.7 Å². The summed E-state index contributed by atoms with van der Waals surface area (Å²) in [6.45, 7) is 4.52. The molecule has 25 heavy (non-hydrogen) atoms. The molecule has 0 saturated carbocycles. The second kappa shape index (κ2) is 7.14. The molecule has 7 heteroatoms. The number of hydrogen-bond acceptors (Lipinski definition) is 4. The normalized spacial score (nSPS) is 11.6. The van der Waals surface area contributed by atoms with Crippen LogP contribution in [0.25, 0.3) is 11.2 Å². The minimum absolute atomic E-state index is 0.405. The molecule has 0 atom stereocenters. The number of allylic oxidation sites excluding steroid dienone is 2. The van der Waals surface area contributed by atoms with Crippen LogP contribution in [0.5, 0.6) is 0 Å². The second-order valence-electron chi connectivity index (χ2n) is 5.84. The van der Waals surface area contributed by atoms with Crippen molar-refractivity contribution in [3.05, 3.63) is 68.4 Å². The Labute approximate surface area is 149 Å². The first-order valence-corrected chi connectivity index (χ1v) is 8.99. The van der Waals surface area contributed by atoms with E-state index in [1.54, 1.807) is 18.8 Å². The topological polar surface area (TPSA) is 72.7 Å². The summed E-state index contributed by atoms with van der Waals surface area (Å²) >= 11 is 1.56. The van der Waals surface area contributed by atoms with Crippen molar-refractivity contribution in [2.75, 3.05) is 0 Å². The fourth-order valence-corrected chi connectivity index (χ4v) is 3.60. The summed E-state index contributed by atoms with van der Waals surface area (Å²) in [5, 5.41) is 0.723. The van der Waals surface area contributed by atoms with Crippen LogP contribution in [0.1, 0.15) is 18.1 Å². The van der Waals surface area contributed by atoms with E-state index in [1.807, 2.05) is 29.7 Å². The third kappa shape index (κ3) is 3.46. The van der Waals surface area contributed by atoms with Crippen LogP contribution in [-0.4, -0.2) is 19.1 Å². The Morgan fingerprint density at radius 1 is 1.32 bits per heavy atom. The number of aryl methyl sites for hydroxylation is 2. The first kappa shape index (κ1) is 17.3. The van der Waals surface area contributed by atoms with Gasteiger partial charge >= 0.3 is 5.69 Å². The maximum Gasteiger partial charge on any atom is 0.329 e. The van der Waals surface area contributed by atoms with E-state index in [-0.39, 0.29) is 0 Å². The number of aromatic amines is 1. The highest BCUT2D eigenvalue weighted by atomic mass is 32.2. The zero-order valence-corrected chi connectivity index (χ0v) is 15.3. The first-order chi connectivity index (χ1) is 12.0. The molecule has 2 aromatic heterocycles. The van der Waals surface area contributed by atoms with E-state index in [0.29, 0.717) is 17.7 Å². The van der Waals surface area contributed by atoms with Crippen molar-refractivity contribution in [1.82, 2.24) is 19.1 Å². The smallest absolute Gasteiger partial charge is 0.309 e. The van der Waals surface area contributed by atoms with Gasteiger partial charge < -0.3 is 4.57 Å². The number of rotatable bonds is 5. The maximum atomic E-state index is 12.3. The van der Waals surface area contributed by atoms with Crippen LogP contribution in [0.3, 0.4) is 0 Å². The summed E-state index contributed by atoms with van der Waals surface area (Å²) < 4.78 is 3.23. The van der Waals surface area contributed by atoms with Crippen LogP contribution in [0.2, 0.25) is 0 Å². The number of fused-ring (bicyclic) bond motifs is 1. The molecular weight excluding hydrogens is 336 g/mol. The lowest BCUT2D eigenvalue weighted by Crippen LogP contribution is -2.29. The molecule has 6 nitrogen and oxygen atoms in total. The Morgan fingerprint density at radius 3 is 2.84 bits per heavy atom. The Morgan fingerprint density at radius 2 is 2.12 bits per heavy atom. The van der Waals surface area contributed by atoms with Crippen LogP contribution >= 0.6 is 11.8 Å². The quantitative estimate of drug-likeness (QED) is 0.563. The summed E-state index contributed by atoms with van der Waals surface area (Å²) in [4.78, 5) is 31.1. The van der Waals surface area contributed by atoms with Gasteiger partial charge in [-0.15, -0.1) is 0 Å². The largest absolute Gasteiger partial charge is 0.329 e. The van der Waals surface area contributed by atoms with Crippen molar-refractivity contribution >= 4 is 22.9 Å². The monoisotopic (exact) mass is 356 g/mol. The molecule has 3 aromatic rings. The third-order valence-corrected chi connectivity index (χ3v) is 4.99. The summed E-state index contributed by atoms with van der Waals surface area (Å²) in [6.07, 6.45) is 3.89. The molecule has 0 aliphatic carbocycles. The van der Waals surface area contributed by atoms with Crippen LogP contribution < -0.4 is 11.2 Å². The lowest BCUT2D eigenvalue weighted by molar-refractivity contribution is 0.743. The van der Waals surface area contributed by atoms with Gasteiger partial charge in [0, 0.05) is 19.3 Å². The van der Waals surface area contributed by atoms with Crippen molar-refractivity contribution in [2.45, 2.75) is 31.3 Å². The number of benzene rings is 1. The molecule has 0 bridgehead atoms. The first-order valence-electron chi connectivity index (χ1n) is 8.00. The van der Waals surface area contributed by atoms with Gasteiger partial charge in [-0.2, -0.15) is 0 Å². The molecule has 1 aromatic carbocycles. The van der Waals surface area contributed by atoms with Crippen molar-refractivity contribution in [3.63, 3.8) is 0 Å². The highest BCUT2D eigenvalue weighted by Gasteiger charge is 2.17. The molecule has 3 rings (SSSR count). The molecule has 0 aliphatic rings. The van der Waals surface area contributed by atoms with Gasteiger partial charge in [0.05, 0.1) is 0 Å². The predicted molar refractivity (Wildman–Crippen MR) is 101 cm³/mol. The van der Waals surface area contributed by atoms with E-state index >= 15 is 0 Å². The van der Waals surface area contributed by atoms with Gasteiger partial charge in [-0.05, 0) is 19.4 Å². The van der Waals surface area contributed by atoms with Gasteiger partial charge in [0.2, 0.25) is 0 Å². The van der Waals surface area contributed by atoms with Gasteiger partial charge in [0.1, 0.15) is 0 Å². The predicted octanol–water partition coefficient (Wildman–Crippen LogP) is 2.60. The number of aromatic nitrogens is 4. The number of nitrogens with zero attached hydrogens (tertiary/aromatic N) is 3. The van der Waals surface area contributed by atoms with Crippen LogP contribution in [0, 0.1) is 6.92 Å². The zero-order valence-electron chi connectivity index (χ0n) is 14.4. The summed E-state index contributed by atoms with van der Waals surface area (Å²) in [7, 11) is 1.61. The van der Waals surface area contributed by atoms with Crippen molar-refractivity contribution in [2.24, 2.45) is 7.05 Å². The second-order valence-corrected chi connectivity index (χ2v) is 6.78. The number of hydrogen-bond donors (Lipinski definition) is 1. The fourth-order valence-electron chi connectivity index (χ4n) is 2.65. The SMILES string of the molecule is C/C=C/Cn1c(SCc2cccc(C)c2)nc2c1c(=O)[nH]c(=O)n2C. The van der Waals surface area contributed by atoms with Gasteiger partial charge in [0.15, 0.2) is 16.3 Å². The molecule has 0 unspecified atom stereocenters. The van der Waals surface area contributed by atoms with Gasteiger partial charge in [-0.3, -0.25) is 14.3 Å². The molecule has 0 radical (unpaired) electrons. The number of H-pyrrole nitrogens is 1. The Balaban J connectivity index is 2.07. The molecule has 0 aliphatic heterocycles. The van der Waals surface area contributed by atoms with Crippen LogP contribution in [0.4, 0.5) is 0 Å². The highest BCUT2D eigenvalue weighted by molar-refractivity contribution is 7.98. The average Bonchev–Trinajstić information content (AvgIpc) is 2.95. The standard InChI is InChI=1S/C18H20N4O2S/c1-4-5-9-22-14-15(21(3)17(24)20-16(14)23)19-18(22)25-11-13-8-6-7-12(2)10-13/h4-8,10H,9,11H2,1-3H3,(H,20,23,24)/b5-4+. The number of thioether (sulfide) groups is 1. The Bertz CT molecular complexity index is 1060. The molecule has 1 N–H and O–H groups in total. The molecule has 0 saturated heterocycles. The van der Waals surface area contributed by atoms with Gasteiger partial charge in [-0.25, -0.2) is 9.78 Å². The Hall–Kier alpha value is -2.54. The van der Waals surface area contributed by atoms with E-state index in [1.165, 1.54) is 15.7 Å². The highest BCUT2D eigenvalue weighted by Crippen LogP contribution is 2.25. The molecule has 2 heterocycles. The minimum atomic E-state index is -0.455. The lowest BCUT2D eigenvalue weighted by Gasteiger charge is -2.06. The van der Waals surface area contributed by atoms with Gasteiger partial charge in [0.25, 0.3) is 5.56 Å². The summed E-state index contributed by atoms with van der Waals surface area (Å²) in [6, 6.07) is 8.29. The maximum absolute atomic E-state index is 12.3. The van der Waals surface area contributed by atoms with E-state index in [0.717, 1.165) is 10.9 Å². The van der Waals surface area contributed by atoms with E-state index in [2.05, 4.69) is 35.1 Å². The third-order valence-electron chi connectivity index (χ3n) is 3.95. The Kier molecular flexibility index (Phi) is 4.94. The average molecular weight is 356 g/mol. The van der Waals surface area contributed by atoms with E-state index in [9.17, 15) is 9.59 Å². The van der Waals surface area contributed by atoms with Crippen molar-refractivity contribution < 1.29 is 0 Å². The van der Waals surface area contributed by atoms with E-state index < -0.39 is 11.2 Å². The summed E-state index contributed by atoms with van der Waals surface area (Å²) in [5.41, 5.74) is 2.37. The van der Waals surface area contributed by atoms with Crippen LogP contribution in [0.15, 0.2) is 51.2 Å². The number of nitrogens with one attached hydrogen (secondary N) is 1. The van der Waals surface area contributed by atoms with Crippen molar-refractivity contribution in [3.8, 4) is 0 Å². The van der Waals surface area contributed by atoms with Crippen LogP contribution in [-0.2, 0) is 19.3 Å². The lowest BCUT2D eigenvalue weighted by atomic mass is 10.2. The molecule has 0 spiro atoms. The minimum Gasteiger partial charge on any atom is -0.309 e. The summed E-state index contributed by atoms with van der Waals surface area (Å²) in [5.74, 6) is 0.743. The number of imidazole rings is 1. The molecular formula is C18H20N4O2S. The van der Waals surface area contributed by atoms with Crippen molar-refractivity contribution in [1.29, 1.82) is 0 Å². The molecule has 0 amide bonds. The molecule has 0 fully saturated rings. The fraction of sp³-hybridized carbons (Fsp3) is 0.278. The zero-order chi connectivity index (χ0) is 18.0. The van der Waals surface area contributed by atoms with E-state index in [4.69, 9.17) is 0 Å².